The zero-order valence-electron chi connectivity index (χ0n) is 10.9. The number of rotatable bonds is 4. The van der Waals surface area contributed by atoms with Crippen LogP contribution in [0.5, 0.6) is 0 Å². The fraction of sp³-hybridized carbons (Fsp3) is 0.143. The minimum atomic E-state index is -0.491. The predicted octanol–water partition coefficient (Wildman–Crippen LogP) is 2.26. The molecule has 2 rings (SSSR count). The zero-order chi connectivity index (χ0) is 14.5. The van der Waals surface area contributed by atoms with Gasteiger partial charge in [-0.15, -0.1) is 0 Å². The van der Waals surface area contributed by atoms with E-state index in [1.807, 2.05) is 12.1 Å². The first-order valence-corrected chi connectivity index (χ1v) is 5.97. The third kappa shape index (κ3) is 3.17. The number of hydrogen-bond donors (Lipinski definition) is 0. The first-order valence-electron chi connectivity index (χ1n) is 5.97. The lowest BCUT2D eigenvalue weighted by molar-refractivity contribution is -0.384. The van der Waals surface area contributed by atoms with Crippen molar-refractivity contribution in [3.63, 3.8) is 0 Å². The van der Waals surface area contributed by atoms with E-state index in [0.717, 1.165) is 5.56 Å². The van der Waals surface area contributed by atoms with Gasteiger partial charge in [0.1, 0.15) is 0 Å². The molecule has 102 valence electrons. The van der Waals surface area contributed by atoms with Crippen molar-refractivity contribution in [1.29, 1.82) is 0 Å². The summed E-state index contributed by atoms with van der Waals surface area (Å²) in [6, 6.07) is 9.24. The highest BCUT2D eigenvalue weighted by atomic mass is 16.6. The van der Waals surface area contributed by atoms with Crippen LogP contribution in [0.1, 0.15) is 15.9 Å². The van der Waals surface area contributed by atoms with Crippen LogP contribution in [-0.2, 0) is 6.54 Å². The molecule has 1 aromatic carbocycles. The lowest BCUT2D eigenvalue weighted by Crippen LogP contribution is -2.26. The Balaban J connectivity index is 2.08. The molecule has 0 N–H and O–H groups in total. The van der Waals surface area contributed by atoms with Crippen molar-refractivity contribution < 1.29 is 9.72 Å². The number of nitrogens with zero attached hydrogens (tertiary/aromatic N) is 3. The van der Waals surface area contributed by atoms with E-state index in [0.29, 0.717) is 12.1 Å². The van der Waals surface area contributed by atoms with Crippen molar-refractivity contribution in [1.82, 2.24) is 9.88 Å². The Bertz CT molecular complexity index is 611. The number of carbonyl (C=O) groups is 1. The van der Waals surface area contributed by atoms with E-state index < -0.39 is 4.92 Å². The number of benzene rings is 1. The molecule has 0 radical (unpaired) electrons. The van der Waals surface area contributed by atoms with Crippen molar-refractivity contribution in [2.24, 2.45) is 0 Å². The minimum absolute atomic E-state index is 0.0293. The standard InChI is InChI=1S/C14H13N3O3/c1-16(10-11-6-8-15-9-7-11)14(18)12-2-4-13(5-3-12)17(19)20/h2-9H,10H2,1H3. The number of amides is 1. The van der Waals surface area contributed by atoms with Gasteiger partial charge in [0.2, 0.25) is 0 Å². The average molecular weight is 271 g/mol. The first-order chi connectivity index (χ1) is 9.58. The van der Waals surface area contributed by atoms with Gasteiger partial charge in [-0.25, -0.2) is 0 Å². The number of aromatic nitrogens is 1. The monoisotopic (exact) mass is 271 g/mol. The number of carbonyl (C=O) groups excluding carboxylic acids is 1. The van der Waals surface area contributed by atoms with Crippen LogP contribution in [-0.4, -0.2) is 27.8 Å². The van der Waals surface area contributed by atoms with Crippen LogP contribution >= 0.6 is 0 Å². The van der Waals surface area contributed by atoms with Gasteiger partial charge in [-0.2, -0.15) is 0 Å². The van der Waals surface area contributed by atoms with Gasteiger partial charge in [0, 0.05) is 43.7 Å². The molecule has 0 saturated carbocycles. The smallest absolute Gasteiger partial charge is 0.269 e. The van der Waals surface area contributed by atoms with Crippen LogP contribution in [0.15, 0.2) is 48.8 Å². The quantitative estimate of drug-likeness (QED) is 0.631. The molecule has 0 atom stereocenters. The van der Waals surface area contributed by atoms with Gasteiger partial charge in [-0.3, -0.25) is 19.9 Å². The maximum atomic E-state index is 12.2. The van der Waals surface area contributed by atoms with Gasteiger partial charge in [-0.1, -0.05) is 0 Å². The van der Waals surface area contributed by atoms with Crippen LogP contribution in [0.3, 0.4) is 0 Å². The summed E-state index contributed by atoms with van der Waals surface area (Å²) < 4.78 is 0. The summed E-state index contributed by atoms with van der Waals surface area (Å²) in [7, 11) is 1.68. The summed E-state index contributed by atoms with van der Waals surface area (Å²) in [5, 5.41) is 10.6. The highest BCUT2D eigenvalue weighted by Gasteiger charge is 2.13. The van der Waals surface area contributed by atoms with Crippen molar-refractivity contribution in [3.05, 3.63) is 70.0 Å². The van der Waals surface area contributed by atoms with E-state index in [2.05, 4.69) is 4.98 Å². The molecule has 0 aliphatic rings. The topological polar surface area (TPSA) is 76.3 Å². The van der Waals surface area contributed by atoms with Crippen molar-refractivity contribution in [3.8, 4) is 0 Å². The maximum absolute atomic E-state index is 12.2. The Labute approximate surface area is 115 Å². The Hall–Kier alpha value is -2.76. The maximum Gasteiger partial charge on any atom is 0.269 e. The zero-order valence-corrected chi connectivity index (χ0v) is 10.9. The molecule has 0 aliphatic carbocycles. The molecule has 6 heteroatoms. The highest BCUT2D eigenvalue weighted by Crippen LogP contribution is 2.14. The molecule has 6 nitrogen and oxygen atoms in total. The lowest BCUT2D eigenvalue weighted by Gasteiger charge is -2.17. The lowest BCUT2D eigenvalue weighted by atomic mass is 10.1. The summed E-state index contributed by atoms with van der Waals surface area (Å²) >= 11 is 0. The minimum Gasteiger partial charge on any atom is -0.337 e. The molecule has 1 aromatic heterocycles. The molecule has 20 heavy (non-hydrogen) atoms. The van der Waals surface area contributed by atoms with E-state index in [-0.39, 0.29) is 11.6 Å². The predicted molar refractivity (Wildman–Crippen MR) is 73.1 cm³/mol. The number of pyridine rings is 1. The third-order valence-electron chi connectivity index (χ3n) is 2.84. The van der Waals surface area contributed by atoms with Gasteiger partial charge < -0.3 is 4.90 Å². The van der Waals surface area contributed by atoms with Crippen LogP contribution in [0.25, 0.3) is 0 Å². The van der Waals surface area contributed by atoms with E-state index in [1.54, 1.807) is 24.3 Å². The largest absolute Gasteiger partial charge is 0.337 e. The fourth-order valence-corrected chi connectivity index (χ4v) is 1.78. The second-order valence-electron chi connectivity index (χ2n) is 4.32. The molecule has 0 saturated heterocycles. The SMILES string of the molecule is CN(Cc1ccncc1)C(=O)c1ccc([N+](=O)[O-])cc1. The number of nitro groups is 1. The summed E-state index contributed by atoms with van der Waals surface area (Å²) in [5.74, 6) is -0.184. The van der Waals surface area contributed by atoms with E-state index in [4.69, 9.17) is 0 Å². The first kappa shape index (κ1) is 13.7. The summed E-state index contributed by atoms with van der Waals surface area (Å²) in [6.07, 6.45) is 3.33. The second kappa shape index (κ2) is 5.92. The average Bonchev–Trinajstić information content (AvgIpc) is 2.47. The normalized spacial score (nSPS) is 10.1. The van der Waals surface area contributed by atoms with Crippen LogP contribution in [0.2, 0.25) is 0 Å². The molecular formula is C14H13N3O3. The van der Waals surface area contributed by atoms with Gasteiger partial charge in [0.25, 0.3) is 11.6 Å². The molecule has 0 spiro atoms. The number of hydrogen-bond acceptors (Lipinski definition) is 4. The van der Waals surface area contributed by atoms with Crippen LogP contribution in [0, 0.1) is 10.1 Å². The Morgan fingerprint density at radius 1 is 1.20 bits per heavy atom. The molecule has 0 fully saturated rings. The second-order valence-corrected chi connectivity index (χ2v) is 4.32. The van der Waals surface area contributed by atoms with Crippen molar-refractivity contribution in [2.75, 3.05) is 7.05 Å². The third-order valence-corrected chi connectivity index (χ3v) is 2.84. The van der Waals surface area contributed by atoms with Crippen LogP contribution in [0.4, 0.5) is 5.69 Å². The molecule has 0 unspecified atom stereocenters. The Morgan fingerprint density at radius 3 is 2.35 bits per heavy atom. The number of nitro benzene ring substituents is 1. The Morgan fingerprint density at radius 2 is 1.80 bits per heavy atom. The van der Waals surface area contributed by atoms with Crippen molar-refractivity contribution >= 4 is 11.6 Å². The fourth-order valence-electron chi connectivity index (χ4n) is 1.78. The molecule has 2 aromatic rings. The number of non-ortho nitro benzene ring substituents is 1. The van der Waals surface area contributed by atoms with Gasteiger partial charge in [0.15, 0.2) is 0 Å². The Kier molecular flexibility index (Phi) is 4.05. The van der Waals surface area contributed by atoms with Gasteiger partial charge in [0.05, 0.1) is 4.92 Å². The molecule has 0 bridgehead atoms. The molecule has 1 heterocycles. The van der Waals surface area contributed by atoms with Gasteiger partial charge >= 0.3 is 0 Å². The van der Waals surface area contributed by atoms with E-state index >= 15 is 0 Å². The highest BCUT2D eigenvalue weighted by molar-refractivity contribution is 5.94. The van der Waals surface area contributed by atoms with Crippen molar-refractivity contribution in [2.45, 2.75) is 6.54 Å². The summed E-state index contributed by atoms with van der Waals surface area (Å²) in [6.45, 7) is 0.457. The van der Waals surface area contributed by atoms with Crippen LogP contribution < -0.4 is 0 Å². The van der Waals surface area contributed by atoms with E-state index in [9.17, 15) is 14.9 Å². The molecule has 1 amide bonds. The molecule has 0 aliphatic heterocycles. The van der Waals surface area contributed by atoms with E-state index in [1.165, 1.54) is 24.3 Å². The molecular weight excluding hydrogens is 258 g/mol. The summed E-state index contributed by atoms with van der Waals surface area (Å²) in [4.78, 5) is 27.7. The van der Waals surface area contributed by atoms with Gasteiger partial charge in [-0.05, 0) is 29.8 Å². The summed E-state index contributed by atoms with van der Waals surface area (Å²) in [5.41, 5.74) is 1.36.